The summed E-state index contributed by atoms with van der Waals surface area (Å²) in [5.74, 6) is 0.911. The van der Waals surface area contributed by atoms with E-state index in [0.717, 1.165) is 25.5 Å². The van der Waals surface area contributed by atoms with Crippen molar-refractivity contribution in [1.82, 2.24) is 10.3 Å². The Hall–Kier alpha value is -1.64. The molecule has 2 rings (SSSR count). The maximum Gasteiger partial charge on any atom is 0.128 e. The summed E-state index contributed by atoms with van der Waals surface area (Å²) in [7, 11) is 1.92. The number of nitrogens with one attached hydrogen (secondary N) is 1. The predicted molar refractivity (Wildman–Crippen MR) is 64.8 cm³/mol. The van der Waals surface area contributed by atoms with Crippen LogP contribution in [-0.2, 0) is 4.74 Å². The molecule has 0 aliphatic carbocycles. The van der Waals surface area contributed by atoms with Crippen molar-refractivity contribution in [3.63, 3.8) is 0 Å². The third-order valence-electron chi connectivity index (χ3n) is 2.77. The van der Waals surface area contributed by atoms with Gasteiger partial charge in [0.1, 0.15) is 11.9 Å². The molecule has 17 heavy (non-hydrogen) atoms. The van der Waals surface area contributed by atoms with Crippen molar-refractivity contribution in [2.45, 2.75) is 6.10 Å². The standard InChI is InChI=1S/C12H16N4O/c1-14-8-11-9-16(4-5-17-11)12-3-2-10(6-13)7-15-12/h2-3,7,11,14H,4-5,8-9H2,1H3. The van der Waals surface area contributed by atoms with Gasteiger partial charge in [0.25, 0.3) is 0 Å². The first-order chi connectivity index (χ1) is 8.33. The van der Waals surface area contributed by atoms with E-state index in [1.807, 2.05) is 13.1 Å². The third kappa shape index (κ3) is 2.93. The van der Waals surface area contributed by atoms with E-state index in [0.29, 0.717) is 12.2 Å². The quantitative estimate of drug-likeness (QED) is 0.816. The molecule has 0 aromatic carbocycles. The number of aromatic nitrogens is 1. The summed E-state index contributed by atoms with van der Waals surface area (Å²) in [4.78, 5) is 6.48. The van der Waals surface area contributed by atoms with Gasteiger partial charge in [-0.1, -0.05) is 0 Å². The van der Waals surface area contributed by atoms with Crippen LogP contribution >= 0.6 is 0 Å². The van der Waals surface area contributed by atoms with Crippen LogP contribution in [0.4, 0.5) is 5.82 Å². The second-order valence-corrected chi connectivity index (χ2v) is 4.01. The van der Waals surface area contributed by atoms with Crippen molar-refractivity contribution in [2.24, 2.45) is 0 Å². The Labute approximate surface area is 101 Å². The molecule has 1 saturated heterocycles. The molecule has 1 atom stereocenters. The lowest BCUT2D eigenvalue weighted by atomic mass is 10.2. The van der Waals surface area contributed by atoms with Crippen LogP contribution in [0.3, 0.4) is 0 Å². The highest BCUT2D eigenvalue weighted by Gasteiger charge is 2.20. The van der Waals surface area contributed by atoms with E-state index in [1.54, 1.807) is 12.3 Å². The number of anilines is 1. The zero-order valence-corrected chi connectivity index (χ0v) is 9.89. The molecule has 0 radical (unpaired) electrons. The highest BCUT2D eigenvalue weighted by Crippen LogP contribution is 2.15. The number of likely N-dealkylation sites (N-methyl/N-ethyl adjacent to an activating group) is 1. The van der Waals surface area contributed by atoms with Gasteiger partial charge in [-0.25, -0.2) is 4.98 Å². The summed E-state index contributed by atoms with van der Waals surface area (Å²) in [5.41, 5.74) is 0.591. The molecule has 5 heteroatoms. The molecule has 1 fully saturated rings. The lowest BCUT2D eigenvalue weighted by Crippen LogP contribution is -2.46. The van der Waals surface area contributed by atoms with Gasteiger partial charge >= 0.3 is 0 Å². The summed E-state index contributed by atoms with van der Waals surface area (Å²) in [6.45, 7) is 3.24. The summed E-state index contributed by atoms with van der Waals surface area (Å²) in [6, 6.07) is 5.76. The van der Waals surface area contributed by atoms with Crippen LogP contribution in [-0.4, -0.2) is 44.4 Å². The van der Waals surface area contributed by atoms with Crippen molar-refractivity contribution >= 4 is 5.82 Å². The van der Waals surface area contributed by atoms with Gasteiger partial charge in [0.05, 0.1) is 18.3 Å². The zero-order valence-electron chi connectivity index (χ0n) is 9.89. The Morgan fingerprint density at radius 3 is 3.18 bits per heavy atom. The van der Waals surface area contributed by atoms with Crippen molar-refractivity contribution < 1.29 is 4.74 Å². The number of hydrogen-bond donors (Lipinski definition) is 1. The van der Waals surface area contributed by atoms with Crippen molar-refractivity contribution in [3.8, 4) is 6.07 Å². The smallest absolute Gasteiger partial charge is 0.128 e. The fraction of sp³-hybridized carbons (Fsp3) is 0.500. The molecular formula is C12H16N4O. The topological polar surface area (TPSA) is 61.2 Å². The summed E-state index contributed by atoms with van der Waals surface area (Å²) >= 11 is 0. The number of nitriles is 1. The molecule has 1 aromatic heterocycles. The SMILES string of the molecule is CNCC1CN(c2ccc(C#N)cn2)CCO1. The number of rotatable bonds is 3. The normalized spacial score (nSPS) is 20.0. The Morgan fingerprint density at radius 1 is 1.65 bits per heavy atom. The van der Waals surface area contributed by atoms with E-state index < -0.39 is 0 Å². The van der Waals surface area contributed by atoms with Crippen LogP contribution in [0.2, 0.25) is 0 Å². The number of morpholine rings is 1. The van der Waals surface area contributed by atoms with Gasteiger partial charge in [-0.2, -0.15) is 5.26 Å². The van der Waals surface area contributed by atoms with Gasteiger partial charge in [-0.3, -0.25) is 0 Å². The Bertz CT molecular complexity index is 396. The van der Waals surface area contributed by atoms with Crippen LogP contribution in [0.1, 0.15) is 5.56 Å². The maximum atomic E-state index is 8.72. The zero-order chi connectivity index (χ0) is 12.1. The van der Waals surface area contributed by atoms with Crippen molar-refractivity contribution in [3.05, 3.63) is 23.9 Å². The minimum Gasteiger partial charge on any atom is -0.373 e. The van der Waals surface area contributed by atoms with E-state index in [-0.39, 0.29) is 6.10 Å². The van der Waals surface area contributed by atoms with Gasteiger partial charge in [0, 0.05) is 25.8 Å². The van der Waals surface area contributed by atoms with Gasteiger partial charge in [0.2, 0.25) is 0 Å². The van der Waals surface area contributed by atoms with Crippen LogP contribution < -0.4 is 10.2 Å². The maximum absolute atomic E-state index is 8.72. The first kappa shape index (κ1) is 11.8. The largest absolute Gasteiger partial charge is 0.373 e. The van der Waals surface area contributed by atoms with Gasteiger partial charge < -0.3 is 15.0 Å². The average Bonchev–Trinajstić information content (AvgIpc) is 2.40. The van der Waals surface area contributed by atoms with Gasteiger partial charge in [0.15, 0.2) is 0 Å². The lowest BCUT2D eigenvalue weighted by Gasteiger charge is -2.33. The van der Waals surface area contributed by atoms with E-state index in [2.05, 4.69) is 21.3 Å². The second-order valence-electron chi connectivity index (χ2n) is 4.01. The molecule has 1 unspecified atom stereocenters. The van der Waals surface area contributed by atoms with Crippen LogP contribution in [0.15, 0.2) is 18.3 Å². The highest BCUT2D eigenvalue weighted by atomic mass is 16.5. The molecule has 0 bridgehead atoms. The molecule has 1 aliphatic rings. The average molecular weight is 232 g/mol. The fourth-order valence-corrected chi connectivity index (χ4v) is 1.92. The van der Waals surface area contributed by atoms with Gasteiger partial charge in [-0.15, -0.1) is 0 Å². The van der Waals surface area contributed by atoms with Crippen LogP contribution in [0.25, 0.3) is 0 Å². The molecule has 1 aliphatic heterocycles. The van der Waals surface area contributed by atoms with E-state index in [4.69, 9.17) is 10.00 Å². The molecule has 90 valence electrons. The van der Waals surface area contributed by atoms with Gasteiger partial charge in [-0.05, 0) is 19.2 Å². The minimum atomic E-state index is 0.200. The Kier molecular flexibility index (Phi) is 3.91. The third-order valence-corrected chi connectivity index (χ3v) is 2.77. The Morgan fingerprint density at radius 2 is 2.53 bits per heavy atom. The predicted octanol–water partition coefficient (Wildman–Crippen LogP) is 0.378. The molecule has 1 aromatic rings. The first-order valence-electron chi connectivity index (χ1n) is 5.71. The lowest BCUT2D eigenvalue weighted by molar-refractivity contribution is 0.0419. The summed E-state index contributed by atoms with van der Waals surface area (Å²) in [5, 5.41) is 11.8. The number of pyridine rings is 1. The monoisotopic (exact) mass is 232 g/mol. The number of hydrogen-bond acceptors (Lipinski definition) is 5. The summed E-state index contributed by atoms with van der Waals surface area (Å²) < 4.78 is 5.63. The molecular weight excluding hydrogens is 216 g/mol. The van der Waals surface area contributed by atoms with Crippen LogP contribution in [0.5, 0.6) is 0 Å². The van der Waals surface area contributed by atoms with Crippen molar-refractivity contribution in [2.75, 3.05) is 38.2 Å². The fourth-order valence-electron chi connectivity index (χ4n) is 1.92. The molecule has 1 N–H and O–H groups in total. The van der Waals surface area contributed by atoms with E-state index in [9.17, 15) is 0 Å². The molecule has 0 spiro atoms. The van der Waals surface area contributed by atoms with Crippen molar-refractivity contribution in [1.29, 1.82) is 5.26 Å². The highest BCUT2D eigenvalue weighted by molar-refractivity contribution is 5.42. The number of ether oxygens (including phenoxy) is 1. The molecule has 5 nitrogen and oxygen atoms in total. The van der Waals surface area contributed by atoms with Crippen LogP contribution in [0, 0.1) is 11.3 Å². The van der Waals surface area contributed by atoms with E-state index in [1.165, 1.54) is 0 Å². The number of nitrogens with zero attached hydrogens (tertiary/aromatic N) is 3. The van der Waals surface area contributed by atoms with E-state index >= 15 is 0 Å². The molecule has 0 amide bonds. The Balaban J connectivity index is 2.03. The molecule has 2 heterocycles. The second kappa shape index (κ2) is 5.62. The minimum absolute atomic E-state index is 0.200. The first-order valence-corrected chi connectivity index (χ1v) is 5.71. The summed E-state index contributed by atoms with van der Waals surface area (Å²) in [6.07, 6.45) is 1.81. The molecule has 0 saturated carbocycles.